The van der Waals surface area contributed by atoms with Crippen LogP contribution in [0.4, 0.5) is 7.77 Å². The Hall–Kier alpha value is -1.75. The molecular formula is C8H6F2O7S2. The van der Waals surface area contributed by atoms with E-state index in [2.05, 4.69) is 4.18 Å². The van der Waals surface area contributed by atoms with E-state index in [1.807, 2.05) is 0 Å². The Kier molecular flexibility index (Phi) is 3.82. The first kappa shape index (κ1) is 15.3. The molecule has 0 saturated carbocycles. The van der Waals surface area contributed by atoms with E-state index in [1.54, 1.807) is 0 Å². The molecule has 7 nitrogen and oxygen atoms in total. The predicted molar refractivity (Wildman–Crippen MR) is 57.1 cm³/mol. The summed E-state index contributed by atoms with van der Waals surface area (Å²) in [6, 6.07) is 0.832. The van der Waals surface area contributed by atoms with Gasteiger partial charge in [0.1, 0.15) is 10.6 Å². The fraction of sp³-hybridized carbons (Fsp3) is 0.125. The minimum Gasteiger partial charge on any atom is -0.478 e. The third-order valence-electron chi connectivity index (χ3n) is 2.03. The van der Waals surface area contributed by atoms with E-state index in [0.29, 0.717) is 12.1 Å². The highest BCUT2D eigenvalue weighted by molar-refractivity contribution is 7.86. The van der Waals surface area contributed by atoms with E-state index < -0.39 is 42.9 Å². The van der Waals surface area contributed by atoms with E-state index in [-0.39, 0.29) is 5.56 Å². The number of carboxylic acids is 1. The second-order valence-electron chi connectivity index (χ2n) is 3.31. The van der Waals surface area contributed by atoms with Gasteiger partial charge in [0.05, 0.1) is 5.56 Å². The van der Waals surface area contributed by atoms with Crippen LogP contribution in [-0.4, -0.2) is 27.9 Å². The molecule has 1 rings (SSSR count). The fourth-order valence-electron chi connectivity index (χ4n) is 1.22. The van der Waals surface area contributed by atoms with E-state index in [4.69, 9.17) is 5.11 Å². The molecule has 0 radical (unpaired) electrons. The number of hydrogen-bond donors (Lipinski definition) is 1. The maximum atomic E-state index is 12.8. The number of hydrogen-bond acceptors (Lipinski definition) is 6. The summed E-state index contributed by atoms with van der Waals surface area (Å²) in [5.74, 6) is -2.59. The van der Waals surface area contributed by atoms with Gasteiger partial charge in [0, 0.05) is 11.6 Å². The molecule has 0 amide bonds. The van der Waals surface area contributed by atoms with Crippen molar-refractivity contribution in [2.24, 2.45) is 0 Å². The molecule has 0 unspecified atom stereocenters. The molecule has 1 N–H and O–H groups in total. The maximum absolute atomic E-state index is 12.8. The Morgan fingerprint density at radius 1 is 1.21 bits per heavy atom. The highest BCUT2D eigenvalue weighted by Gasteiger charge is 2.23. The fourth-order valence-corrected chi connectivity index (χ4v) is 2.11. The van der Waals surface area contributed by atoms with Gasteiger partial charge in [-0.15, -0.1) is 3.89 Å². The van der Waals surface area contributed by atoms with Gasteiger partial charge in [-0.3, -0.25) is 0 Å². The molecule has 0 aliphatic heterocycles. The first-order valence-corrected chi connectivity index (χ1v) is 7.07. The van der Waals surface area contributed by atoms with Crippen molar-refractivity contribution in [2.75, 3.05) is 0 Å². The summed E-state index contributed by atoms with van der Waals surface area (Å²) in [6.45, 7) is 1.04. The summed E-state index contributed by atoms with van der Waals surface area (Å²) < 4.78 is 70.9. The highest BCUT2D eigenvalue weighted by Crippen LogP contribution is 2.28. The van der Waals surface area contributed by atoms with Gasteiger partial charge >= 0.3 is 26.7 Å². The topological polar surface area (TPSA) is 115 Å². The Morgan fingerprint density at radius 3 is 2.11 bits per heavy atom. The van der Waals surface area contributed by atoms with Gasteiger partial charge in [0.2, 0.25) is 0 Å². The van der Waals surface area contributed by atoms with E-state index >= 15 is 0 Å². The zero-order valence-electron chi connectivity index (χ0n) is 9.12. The molecule has 0 heterocycles. The van der Waals surface area contributed by atoms with Crippen LogP contribution in [0.3, 0.4) is 0 Å². The van der Waals surface area contributed by atoms with Crippen molar-refractivity contribution in [3.8, 4) is 5.75 Å². The third kappa shape index (κ3) is 3.86. The van der Waals surface area contributed by atoms with Gasteiger partial charge < -0.3 is 9.29 Å². The molecule has 0 fully saturated rings. The number of carboxylic acid groups (broad SMARTS) is 1. The molecule has 0 aromatic heterocycles. The lowest BCUT2D eigenvalue weighted by atomic mass is 10.1. The largest absolute Gasteiger partial charge is 0.488 e. The van der Waals surface area contributed by atoms with Crippen LogP contribution in [-0.2, 0) is 20.7 Å². The zero-order chi connectivity index (χ0) is 15.0. The molecule has 1 aromatic carbocycles. The SMILES string of the molecule is Cc1c(OS(=O)(=O)F)cc(S(=O)(=O)F)cc1C(=O)O. The van der Waals surface area contributed by atoms with Crippen molar-refractivity contribution in [3.63, 3.8) is 0 Å². The quantitative estimate of drug-likeness (QED) is 0.822. The van der Waals surface area contributed by atoms with Gasteiger partial charge in [-0.25, -0.2) is 4.79 Å². The molecule has 11 heteroatoms. The molecule has 0 aliphatic rings. The van der Waals surface area contributed by atoms with Gasteiger partial charge in [0.25, 0.3) is 0 Å². The standard InChI is InChI=1S/C8H6F2O7S2/c1-4-6(8(11)12)2-5(18(9,13)14)3-7(4)17-19(10,15)16/h2-3H,1H3,(H,11,12). The van der Waals surface area contributed by atoms with E-state index in [0.717, 1.165) is 6.92 Å². The van der Waals surface area contributed by atoms with Gasteiger partial charge in [-0.05, 0) is 13.0 Å². The van der Waals surface area contributed by atoms with Crippen molar-refractivity contribution >= 4 is 26.7 Å². The van der Waals surface area contributed by atoms with Crippen molar-refractivity contribution in [1.29, 1.82) is 0 Å². The van der Waals surface area contributed by atoms with E-state index in [1.165, 1.54) is 0 Å². The summed E-state index contributed by atoms with van der Waals surface area (Å²) in [6.07, 6.45) is 0. The van der Waals surface area contributed by atoms with Crippen LogP contribution in [0.25, 0.3) is 0 Å². The molecule has 0 aliphatic carbocycles. The predicted octanol–water partition coefficient (Wildman–Crippen LogP) is 0.945. The molecule has 0 atom stereocenters. The van der Waals surface area contributed by atoms with Crippen LogP contribution in [0.2, 0.25) is 0 Å². The van der Waals surface area contributed by atoms with Crippen LogP contribution in [0.1, 0.15) is 15.9 Å². The Bertz CT molecular complexity index is 737. The van der Waals surface area contributed by atoms with Gasteiger partial charge in [-0.2, -0.15) is 16.8 Å². The van der Waals surface area contributed by atoms with Crippen molar-refractivity contribution in [2.45, 2.75) is 11.8 Å². The van der Waals surface area contributed by atoms with Crippen LogP contribution in [0, 0.1) is 6.92 Å². The number of halogens is 2. The molecule has 0 saturated heterocycles. The lowest BCUT2D eigenvalue weighted by Gasteiger charge is -2.08. The maximum Gasteiger partial charge on any atom is 0.488 e. The summed E-state index contributed by atoms with van der Waals surface area (Å²) in [5, 5.41) is 8.76. The van der Waals surface area contributed by atoms with Gasteiger partial charge in [0.15, 0.2) is 0 Å². The molecule has 0 spiro atoms. The molecule has 106 valence electrons. The Morgan fingerprint density at radius 2 is 1.74 bits per heavy atom. The monoisotopic (exact) mass is 316 g/mol. The van der Waals surface area contributed by atoms with Gasteiger partial charge in [-0.1, -0.05) is 3.89 Å². The second-order valence-corrected chi connectivity index (χ2v) is 5.61. The number of rotatable bonds is 4. The normalized spacial score (nSPS) is 12.2. The first-order valence-electron chi connectivity index (χ1n) is 4.38. The number of benzene rings is 1. The summed E-state index contributed by atoms with van der Waals surface area (Å²) in [7, 11) is -10.8. The lowest BCUT2D eigenvalue weighted by molar-refractivity contribution is 0.0695. The van der Waals surface area contributed by atoms with Crippen molar-refractivity contribution in [3.05, 3.63) is 23.3 Å². The minimum atomic E-state index is -5.51. The average molecular weight is 316 g/mol. The van der Waals surface area contributed by atoms with Crippen LogP contribution in [0.5, 0.6) is 5.75 Å². The summed E-state index contributed by atoms with van der Waals surface area (Å²) in [5.41, 5.74) is -1.11. The smallest absolute Gasteiger partial charge is 0.478 e. The van der Waals surface area contributed by atoms with Crippen molar-refractivity contribution in [1.82, 2.24) is 0 Å². The molecular weight excluding hydrogens is 310 g/mol. The average Bonchev–Trinajstić information content (AvgIpc) is 2.16. The zero-order valence-corrected chi connectivity index (χ0v) is 10.8. The molecule has 1 aromatic rings. The summed E-state index contributed by atoms with van der Waals surface area (Å²) >= 11 is 0. The van der Waals surface area contributed by atoms with Crippen LogP contribution >= 0.6 is 0 Å². The second kappa shape index (κ2) is 4.74. The first-order chi connectivity index (χ1) is 8.42. The third-order valence-corrected chi connectivity index (χ3v) is 3.21. The lowest BCUT2D eigenvalue weighted by Crippen LogP contribution is -2.08. The van der Waals surface area contributed by atoms with E-state index in [9.17, 15) is 29.4 Å². The highest BCUT2D eigenvalue weighted by atomic mass is 32.3. The Balaban J connectivity index is 3.63. The minimum absolute atomic E-state index is 0.369. The molecule has 0 bridgehead atoms. The van der Waals surface area contributed by atoms with Crippen molar-refractivity contribution < 1.29 is 38.7 Å². The number of aromatic carboxylic acids is 1. The van der Waals surface area contributed by atoms with Crippen LogP contribution in [0.15, 0.2) is 17.0 Å². The van der Waals surface area contributed by atoms with Crippen LogP contribution < -0.4 is 4.18 Å². The molecule has 19 heavy (non-hydrogen) atoms. The summed E-state index contributed by atoms with van der Waals surface area (Å²) in [4.78, 5) is 9.64. The Labute approximate surface area is 107 Å². The number of carbonyl (C=O) groups is 1.